The van der Waals surface area contributed by atoms with Gasteiger partial charge in [0.1, 0.15) is 11.5 Å². The van der Waals surface area contributed by atoms with Crippen LogP contribution in [0, 0.1) is 46.3 Å². The second kappa shape index (κ2) is 7.55. The van der Waals surface area contributed by atoms with E-state index in [1.807, 2.05) is 0 Å². The van der Waals surface area contributed by atoms with E-state index in [-0.39, 0.29) is 34.2 Å². The summed E-state index contributed by atoms with van der Waals surface area (Å²) in [6, 6.07) is 0. The lowest BCUT2D eigenvalue weighted by molar-refractivity contribution is -0.290. The maximum Gasteiger partial charge on any atom is 0.307 e. The highest BCUT2D eigenvalue weighted by Crippen LogP contribution is 2.73. The smallest absolute Gasteiger partial charge is 0.307 e. The van der Waals surface area contributed by atoms with Crippen LogP contribution in [0.15, 0.2) is 11.8 Å². The predicted octanol–water partition coefficient (Wildman–Crippen LogP) is 4.86. The Bertz CT molecular complexity index is 943. The fourth-order valence-corrected chi connectivity index (χ4v) is 10.6. The standard InChI is InChI=1S/C29H46N2O4/c1-17-6-13-29(33-16-17)18(2)24-26(5)11-9-22-25(4)10-8-21(34-19(3)32)14-20(25)7-12-27(22,30)23(26)15-28(24,31)35-29/h8,17-18,20,22-24H,6-7,9-16,30-31H2,1-5H3/t17?,18-,20+,22+,23+,24+,25-,26-,27-,28-,29+/m0/s1. The van der Waals surface area contributed by atoms with Gasteiger partial charge in [-0.2, -0.15) is 0 Å². The van der Waals surface area contributed by atoms with Gasteiger partial charge < -0.3 is 25.7 Å². The maximum atomic E-state index is 11.6. The molecule has 6 aliphatic rings. The van der Waals surface area contributed by atoms with E-state index in [4.69, 9.17) is 25.7 Å². The fraction of sp³-hybridized carbons (Fsp3) is 0.897. The Labute approximate surface area is 210 Å². The highest BCUT2D eigenvalue weighted by atomic mass is 16.7. The van der Waals surface area contributed by atoms with Gasteiger partial charge in [0.05, 0.1) is 6.61 Å². The molecule has 2 saturated heterocycles. The topological polar surface area (TPSA) is 96.8 Å². The number of carbonyl (C=O) groups excluding carboxylic acids is 1. The van der Waals surface area contributed by atoms with E-state index >= 15 is 0 Å². The Hall–Kier alpha value is -0.950. The van der Waals surface area contributed by atoms with Gasteiger partial charge in [-0.25, -0.2) is 0 Å². The molecule has 0 aromatic heterocycles. The second-order valence-electron chi connectivity index (χ2n) is 14.0. The van der Waals surface area contributed by atoms with Crippen LogP contribution in [0.5, 0.6) is 0 Å². The Balaban J connectivity index is 1.30. The minimum Gasteiger partial charge on any atom is -0.432 e. The van der Waals surface area contributed by atoms with Crippen molar-refractivity contribution in [3.8, 4) is 0 Å². The molecule has 4 aliphatic carbocycles. The Kier molecular flexibility index (Phi) is 5.26. The summed E-state index contributed by atoms with van der Waals surface area (Å²) in [6.07, 6.45) is 11.3. The SMILES string of the molecule is CC(=O)OC1=CC[C@@]2(C)[C@H](CC[C@]3(N)[C@@H]2CC[C@@]2(C)[C@H]3C[C@]3(N)O[C@]4(CCC(C)CO4)[C@@H](C)[C@H]23)C1. The average molecular weight is 487 g/mol. The van der Waals surface area contributed by atoms with Crippen molar-refractivity contribution in [3.05, 3.63) is 11.8 Å². The Morgan fingerprint density at radius 1 is 1.06 bits per heavy atom. The first-order valence-corrected chi connectivity index (χ1v) is 14.2. The maximum absolute atomic E-state index is 11.6. The van der Waals surface area contributed by atoms with Crippen molar-refractivity contribution in [2.45, 2.75) is 109 Å². The quantitative estimate of drug-likeness (QED) is 0.514. The number of allylic oxidation sites excluding steroid dienone is 2. The van der Waals surface area contributed by atoms with Crippen LogP contribution in [0.25, 0.3) is 0 Å². The van der Waals surface area contributed by atoms with E-state index in [1.165, 1.54) is 6.92 Å². The number of rotatable bonds is 1. The summed E-state index contributed by atoms with van der Waals surface area (Å²) >= 11 is 0. The zero-order valence-corrected chi connectivity index (χ0v) is 22.4. The van der Waals surface area contributed by atoms with E-state index < -0.39 is 11.5 Å². The first-order chi connectivity index (χ1) is 16.4. The third kappa shape index (κ3) is 3.18. The number of hydrogen-bond acceptors (Lipinski definition) is 6. The van der Waals surface area contributed by atoms with Gasteiger partial charge in [-0.15, -0.1) is 0 Å². The van der Waals surface area contributed by atoms with E-state index in [0.717, 1.165) is 70.2 Å². The molecule has 3 saturated carbocycles. The van der Waals surface area contributed by atoms with Gasteiger partial charge in [0.2, 0.25) is 0 Å². The summed E-state index contributed by atoms with van der Waals surface area (Å²) in [6.45, 7) is 11.8. The zero-order valence-electron chi connectivity index (χ0n) is 22.4. The van der Waals surface area contributed by atoms with Crippen LogP contribution in [-0.4, -0.2) is 29.6 Å². The van der Waals surface area contributed by atoms with Gasteiger partial charge in [0, 0.05) is 37.1 Å². The third-order valence-corrected chi connectivity index (χ3v) is 12.1. The molecule has 196 valence electrons. The molecule has 0 amide bonds. The molecule has 1 unspecified atom stereocenters. The molecule has 5 fully saturated rings. The number of nitrogens with two attached hydrogens (primary N) is 2. The molecule has 11 atom stereocenters. The van der Waals surface area contributed by atoms with Crippen LogP contribution in [0.4, 0.5) is 0 Å². The van der Waals surface area contributed by atoms with Gasteiger partial charge in [-0.3, -0.25) is 4.79 Å². The molecular formula is C29H46N2O4. The van der Waals surface area contributed by atoms with Gasteiger partial charge in [0.25, 0.3) is 0 Å². The van der Waals surface area contributed by atoms with Crippen LogP contribution in [0.3, 0.4) is 0 Å². The monoisotopic (exact) mass is 486 g/mol. The van der Waals surface area contributed by atoms with Gasteiger partial charge in [-0.1, -0.05) is 27.7 Å². The summed E-state index contributed by atoms with van der Waals surface area (Å²) < 4.78 is 18.8. The molecule has 0 aromatic rings. The number of ether oxygens (including phenoxy) is 3. The molecule has 4 N–H and O–H groups in total. The normalized spacial score (nSPS) is 57.1. The largest absolute Gasteiger partial charge is 0.432 e. The number of carbonyl (C=O) groups is 1. The van der Waals surface area contributed by atoms with Crippen LogP contribution in [0.2, 0.25) is 0 Å². The van der Waals surface area contributed by atoms with Crippen molar-refractivity contribution in [3.63, 3.8) is 0 Å². The van der Waals surface area contributed by atoms with Crippen LogP contribution >= 0.6 is 0 Å². The molecule has 2 aliphatic heterocycles. The van der Waals surface area contributed by atoms with Gasteiger partial charge in [-0.05, 0) is 85.5 Å². The Morgan fingerprint density at radius 2 is 1.83 bits per heavy atom. The molecule has 6 heteroatoms. The number of hydrogen-bond donors (Lipinski definition) is 2. The van der Waals surface area contributed by atoms with Gasteiger partial charge >= 0.3 is 5.97 Å². The minimum absolute atomic E-state index is 0.0615. The zero-order chi connectivity index (χ0) is 25.0. The lowest BCUT2D eigenvalue weighted by Crippen LogP contribution is -2.68. The van der Waals surface area contributed by atoms with Crippen LogP contribution in [-0.2, 0) is 19.0 Å². The minimum atomic E-state index is -0.659. The van der Waals surface area contributed by atoms with Crippen molar-refractivity contribution in [2.24, 2.45) is 57.8 Å². The number of esters is 1. The lowest BCUT2D eigenvalue weighted by Gasteiger charge is -2.65. The average Bonchev–Trinajstić information content (AvgIpc) is 3.15. The van der Waals surface area contributed by atoms with Crippen LogP contribution < -0.4 is 11.5 Å². The Morgan fingerprint density at radius 3 is 2.51 bits per heavy atom. The molecular weight excluding hydrogens is 440 g/mol. The van der Waals surface area contributed by atoms with E-state index in [2.05, 4.69) is 33.8 Å². The van der Waals surface area contributed by atoms with E-state index in [0.29, 0.717) is 23.7 Å². The molecule has 35 heavy (non-hydrogen) atoms. The first kappa shape index (κ1) is 24.4. The van der Waals surface area contributed by atoms with Crippen molar-refractivity contribution >= 4 is 5.97 Å². The van der Waals surface area contributed by atoms with Crippen LogP contribution in [0.1, 0.15) is 92.4 Å². The summed E-state index contributed by atoms with van der Waals surface area (Å²) in [5.74, 6) is 2.54. The highest BCUT2D eigenvalue weighted by molar-refractivity contribution is 5.67. The summed E-state index contributed by atoms with van der Waals surface area (Å²) in [7, 11) is 0. The van der Waals surface area contributed by atoms with Gasteiger partial charge in [0.15, 0.2) is 5.79 Å². The van der Waals surface area contributed by atoms with Crippen molar-refractivity contribution in [2.75, 3.05) is 6.61 Å². The first-order valence-electron chi connectivity index (χ1n) is 14.2. The summed E-state index contributed by atoms with van der Waals surface area (Å²) in [5, 5.41) is 0. The third-order valence-electron chi connectivity index (χ3n) is 12.1. The molecule has 2 heterocycles. The fourth-order valence-electron chi connectivity index (χ4n) is 10.6. The van der Waals surface area contributed by atoms with Crippen molar-refractivity contribution in [1.29, 1.82) is 0 Å². The molecule has 6 rings (SSSR count). The van der Waals surface area contributed by atoms with E-state index in [1.54, 1.807) is 0 Å². The molecule has 6 nitrogen and oxygen atoms in total. The molecule has 0 bridgehead atoms. The van der Waals surface area contributed by atoms with Crippen molar-refractivity contribution in [1.82, 2.24) is 0 Å². The predicted molar refractivity (Wildman–Crippen MR) is 134 cm³/mol. The second-order valence-corrected chi connectivity index (χ2v) is 14.0. The van der Waals surface area contributed by atoms with Crippen molar-refractivity contribution < 1.29 is 19.0 Å². The number of fused-ring (bicyclic) bond motifs is 7. The highest BCUT2D eigenvalue weighted by Gasteiger charge is 2.76. The molecule has 1 spiro atoms. The summed E-state index contributed by atoms with van der Waals surface area (Å²) in [4.78, 5) is 11.6. The summed E-state index contributed by atoms with van der Waals surface area (Å²) in [5.41, 5.74) is 14.1. The molecule has 0 radical (unpaired) electrons. The molecule has 0 aromatic carbocycles. The van der Waals surface area contributed by atoms with E-state index in [9.17, 15) is 4.79 Å². The lowest BCUT2D eigenvalue weighted by atomic mass is 9.42.